The molecule has 0 atom stereocenters. The van der Waals surface area contributed by atoms with Gasteiger partial charge in [-0.2, -0.15) is 18.3 Å². The third-order valence-electron chi connectivity index (χ3n) is 4.15. The summed E-state index contributed by atoms with van der Waals surface area (Å²) in [6.45, 7) is 0. The maximum atomic E-state index is 13.3. The molecule has 0 aliphatic heterocycles. The molecule has 2 heterocycles. The summed E-state index contributed by atoms with van der Waals surface area (Å²) in [5.41, 5.74) is -0.461. The van der Waals surface area contributed by atoms with E-state index >= 15 is 0 Å². The van der Waals surface area contributed by atoms with Crippen LogP contribution in [0.5, 0.6) is 0 Å². The number of ketones is 1. The third-order valence-corrected chi connectivity index (χ3v) is 4.15. The Balaban J connectivity index is 1.96. The lowest BCUT2D eigenvalue weighted by molar-refractivity contribution is -0.141. The zero-order valence-corrected chi connectivity index (χ0v) is 12.5. The van der Waals surface area contributed by atoms with Gasteiger partial charge in [-0.05, 0) is 31.0 Å². The molecule has 3 aromatic rings. The Morgan fingerprint density at radius 2 is 1.83 bits per heavy atom. The van der Waals surface area contributed by atoms with Crippen LogP contribution in [0.25, 0.3) is 16.7 Å². The molecule has 0 unspecified atom stereocenters. The van der Waals surface area contributed by atoms with Gasteiger partial charge in [0, 0.05) is 11.8 Å². The van der Waals surface area contributed by atoms with Crippen molar-refractivity contribution >= 4 is 16.7 Å². The van der Waals surface area contributed by atoms with Crippen LogP contribution >= 0.6 is 0 Å². The lowest BCUT2D eigenvalue weighted by Crippen LogP contribution is -2.16. The van der Waals surface area contributed by atoms with E-state index in [1.165, 1.54) is 4.68 Å². The molecule has 4 rings (SSSR count). The number of aromatic nitrogens is 3. The standard InChI is InChI=1S/C17H12F3N3O/c18-17(19,20)16-15-12(6-3-7-13(15)24)23(22-16)14-9-8-10-4-1-2-5-11(10)21-14/h1-2,4-5,8-9H,3,6-7H2. The number of rotatable bonds is 1. The van der Waals surface area contributed by atoms with Gasteiger partial charge in [0.1, 0.15) is 0 Å². The van der Waals surface area contributed by atoms with Crippen molar-refractivity contribution in [2.45, 2.75) is 25.4 Å². The molecule has 1 aromatic carbocycles. The number of para-hydroxylation sites is 1. The van der Waals surface area contributed by atoms with E-state index in [0.29, 0.717) is 24.1 Å². The normalized spacial score (nSPS) is 14.9. The molecule has 1 aliphatic carbocycles. The highest BCUT2D eigenvalue weighted by molar-refractivity contribution is 5.99. The first-order valence-electron chi connectivity index (χ1n) is 7.53. The Labute approximate surface area is 134 Å². The molecule has 7 heteroatoms. The number of Topliss-reactive ketones (excluding diaryl/α,β-unsaturated/α-hetero) is 1. The number of fused-ring (bicyclic) bond motifs is 2. The summed E-state index contributed by atoms with van der Waals surface area (Å²) in [4.78, 5) is 16.4. The molecular formula is C17H12F3N3O. The highest BCUT2D eigenvalue weighted by Crippen LogP contribution is 2.36. The van der Waals surface area contributed by atoms with Crippen LogP contribution in [-0.4, -0.2) is 20.5 Å². The maximum Gasteiger partial charge on any atom is 0.435 e. The number of hydrogen-bond donors (Lipinski definition) is 0. The molecule has 0 saturated heterocycles. The van der Waals surface area contributed by atoms with Gasteiger partial charge in [-0.15, -0.1) is 0 Å². The Kier molecular flexibility index (Phi) is 3.19. The Morgan fingerprint density at radius 3 is 2.62 bits per heavy atom. The van der Waals surface area contributed by atoms with Crippen molar-refractivity contribution in [1.82, 2.24) is 14.8 Å². The van der Waals surface area contributed by atoms with E-state index in [-0.39, 0.29) is 17.8 Å². The van der Waals surface area contributed by atoms with Crippen LogP contribution in [0.4, 0.5) is 13.2 Å². The van der Waals surface area contributed by atoms with Gasteiger partial charge in [-0.3, -0.25) is 4.79 Å². The zero-order chi connectivity index (χ0) is 16.9. The molecular weight excluding hydrogens is 319 g/mol. The van der Waals surface area contributed by atoms with Gasteiger partial charge in [0.05, 0.1) is 16.8 Å². The third kappa shape index (κ3) is 2.28. The number of halogens is 3. The fourth-order valence-electron chi connectivity index (χ4n) is 3.08. The van der Waals surface area contributed by atoms with Crippen molar-refractivity contribution in [2.24, 2.45) is 0 Å². The second kappa shape index (κ2) is 5.15. The second-order valence-corrected chi connectivity index (χ2v) is 5.72. The fourth-order valence-corrected chi connectivity index (χ4v) is 3.08. The summed E-state index contributed by atoms with van der Waals surface area (Å²) >= 11 is 0. The molecule has 2 aromatic heterocycles. The predicted molar refractivity (Wildman–Crippen MR) is 81.1 cm³/mol. The summed E-state index contributed by atoms with van der Waals surface area (Å²) in [6, 6.07) is 10.7. The van der Waals surface area contributed by atoms with Crippen molar-refractivity contribution < 1.29 is 18.0 Å². The van der Waals surface area contributed by atoms with Gasteiger partial charge in [0.25, 0.3) is 0 Å². The van der Waals surface area contributed by atoms with Crippen LogP contribution in [0, 0.1) is 0 Å². The lowest BCUT2D eigenvalue weighted by Gasteiger charge is -2.13. The average molecular weight is 331 g/mol. The maximum absolute atomic E-state index is 13.3. The van der Waals surface area contributed by atoms with Gasteiger partial charge in [-0.25, -0.2) is 9.67 Å². The van der Waals surface area contributed by atoms with E-state index in [9.17, 15) is 18.0 Å². The molecule has 0 saturated carbocycles. The van der Waals surface area contributed by atoms with Gasteiger partial charge in [0.15, 0.2) is 17.3 Å². The molecule has 0 spiro atoms. The van der Waals surface area contributed by atoms with Crippen LogP contribution in [0.15, 0.2) is 36.4 Å². The lowest BCUT2D eigenvalue weighted by atomic mass is 9.94. The van der Waals surface area contributed by atoms with Crippen LogP contribution in [-0.2, 0) is 12.6 Å². The molecule has 0 bridgehead atoms. The second-order valence-electron chi connectivity index (χ2n) is 5.72. The number of nitrogens with zero attached hydrogens (tertiary/aromatic N) is 3. The number of pyridine rings is 1. The summed E-state index contributed by atoms with van der Waals surface area (Å²) in [5, 5.41) is 4.58. The number of benzene rings is 1. The van der Waals surface area contributed by atoms with E-state index < -0.39 is 17.7 Å². The highest BCUT2D eigenvalue weighted by Gasteiger charge is 2.42. The van der Waals surface area contributed by atoms with Gasteiger partial charge >= 0.3 is 6.18 Å². The number of alkyl halides is 3. The number of carbonyl (C=O) groups excluding carboxylic acids is 1. The Morgan fingerprint density at radius 1 is 1.04 bits per heavy atom. The predicted octanol–water partition coefficient (Wildman–Crippen LogP) is 3.96. The first kappa shape index (κ1) is 14.9. The van der Waals surface area contributed by atoms with Crippen LogP contribution < -0.4 is 0 Å². The van der Waals surface area contributed by atoms with E-state index in [1.807, 2.05) is 18.2 Å². The largest absolute Gasteiger partial charge is 0.435 e. The minimum absolute atomic E-state index is 0.118. The molecule has 0 fully saturated rings. The fraction of sp³-hybridized carbons (Fsp3) is 0.235. The highest BCUT2D eigenvalue weighted by atomic mass is 19.4. The quantitative estimate of drug-likeness (QED) is 0.678. The molecule has 4 nitrogen and oxygen atoms in total. The van der Waals surface area contributed by atoms with Crippen molar-refractivity contribution in [2.75, 3.05) is 0 Å². The molecule has 0 N–H and O–H groups in total. The molecule has 122 valence electrons. The van der Waals surface area contributed by atoms with E-state index in [4.69, 9.17) is 0 Å². The SMILES string of the molecule is O=C1CCCc2c1c(C(F)(F)F)nn2-c1ccc2ccccc2n1. The average Bonchev–Trinajstić information content (AvgIpc) is 2.96. The minimum Gasteiger partial charge on any atom is -0.294 e. The van der Waals surface area contributed by atoms with E-state index in [2.05, 4.69) is 10.1 Å². The topological polar surface area (TPSA) is 47.8 Å². The van der Waals surface area contributed by atoms with E-state index in [1.54, 1.807) is 18.2 Å². The van der Waals surface area contributed by atoms with Gasteiger partial charge in [0.2, 0.25) is 0 Å². The van der Waals surface area contributed by atoms with Crippen molar-refractivity contribution in [1.29, 1.82) is 0 Å². The summed E-state index contributed by atoms with van der Waals surface area (Å²) in [5.74, 6) is -0.217. The van der Waals surface area contributed by atoms with Crippen molar-refractivity contribution in [3.63, 3.8) is 0 Å². The first-order chi connectivity index (χ1) is 11.4. The Hall–Kier alpha value is -2.70. The van der Waals surface area contributed by atoms with Crippen LogP contribution in [0.3, 0.4) is 0 Å². The van der Waals surface area contributed by atoms with Crippen molar-refractivity contribution in [3.05, 3.63) is 53.3 Å². The van der Waals surface area contributed by atoms with Crippen LogP contribution in [0.2, 0.25) is 0 Å². The summed E-state index contributed by atoms with van der Waals surface area (Å²) in [7, 11) is 0. The van der Waals surface area contributed by atoms with Crippen molar-refractivity contribution in [3.8, 4) is 5.82 Å². The minimum atomic E-state index is -4.67. The van der Waals surface area contributed by atoms with Crippen LogP contribution in [0.1, 0.15) is 34.6 Å². The summed E-state index contributed by atoms with van der Waals surface area (Å²) in [6.07, 6.45) is -3.66. The van der Waals surface area contributed by atoms with E-state index in [0.717, 1.165) is 5.39 Å². The first-order valence-corrected chi connectivity index (χ1v) is 7.53. The molecule has 0 radical (unpaired) electrons. The summed E-state index contributed by atoms with van der Waals surface area (Å²) < 4.78 is 41.0. The number of hydrogen-bond acceptors (Lipinski definition) is 3. The Bertz CT molecular complexity index is 959. The molecule has 24 heavy (non-hydrogen) atoms. The molecule has 0 amide bonds. The monoisotopic (exact) mass is 331 g/mol. The van der Waals surface area contributed by atoms with Gasteiger partial charge in [-0.1, -0.05) is 18.2 Å². The zero-order valence-electron chi connectivity index (χ0n) is 12.5. The smallest absolute Gasteiger partial charge is 0.294 e. The van der Waals surface area contributed by atoms with Gasteiger partial charge < -0.3 is 0 Å². The molecule has 1 aliphatic rings. The number of carbonyl (C=O) groups is 1.